The second kappa shape index (κ2) is 6.53. The summed E-state index contributed by atoms with van der Waals surface area (Å²) in [5, 5.41) is 11.6. The van der Waals surface area contributed by atoms with Gasteiger partial charge in [-0.3, -0.25) is 4.79 Å². The molecule has 1 amide bonds. The van der Waals surface area contributed by atoms with E-state index in [1.165, 1.54) is 12.6 Å². The number of amides is 1. The minimum atomic E-state index is -0.190. The molecule has 2 rings (SSSR count). The molecule has 5 heteroatoms. The third-order valence-electron chi connectivity index (χ3n) is 3.66. The lowest BCUT2D eigenvalue weighted by Crippen LogP contribution is -2.31. The Morgan fingerprint density at radius 1 is 1.47 bits per heavy atom. The van der Waals surface area contributed by atoms with E-state index in [1.54, 1.807) is 12.1 Å². The van der Waals surface area contributed by atoms with Crippen LogP contribution in [0.3, 0.4) is 0 Å². The van der Waals surface area contributed by atoms with Gasteiger partial charge in [-0.25, -0.2) is 4.98 Å². The lowest BCUT2D eigenvalue weighted by Gasteiger charge is -2.17. The van der Waals surface area contributed by atoms with Crippen molar-refractivity contribution in [3.8, 4) is 6.07 Å². The first-order valence-corrected chi connectivity index (χ1v) is 6.98. The summed E-state index contributed by atoms with van der Waals surface area (Å²) >= 11 is 5.91. The third-order valence-corrected chi connectivity index (χ3v) is 4.06. The quantitative estimate of drug-likeness (QED) is 0.859. The van der Waals surface area contributed by atoms with E-state index in [0.29, 0.717) is 35.5 Å². The van der Waals surface area contributed by atoms with Gasteiger partial charge in [-0.2, -0.15) is 5.26 Å². The highest BCUT2D eigenvalue weighted by Gasteiger charge is 2.26. The minimum absolute atomic E-state index is 0.190. The number of rotatable bonds is 4. The number of halogens is 1. The molecule has 1 aromatic rings. The van der Waals surface area contributed by atoms with Crippen molar-refractivity contribution in [1.29, 1.82) is 5.26 Å². The Hall–Kier alpha value is -1.60. The summed E-state index contributed by atoms with van der Waals surface area (Å²) < 4.78 is 0. The molecule has 100 valence electrons. The zero-order valence-electron chi connectivity index (χ0n) is 10.6. The molecule has 19 heavy (non-hydrogen) atoms. The van der Waals surface area contributed by atoms with Crippen molar-refractivity contribution >= 4 is 17.5 Å². The second-order valence-electron chi connectivity index (χ2n) is 4.86. The van der Waals surface area contributed by atoms with Crippen LogP contribution in [0.1, 0.15) is 35.3 Å². The van der Waals surface area contributed by atoms with Crippen LogP contribution in [0.15, 0.2) is 18.3 Å². The molecule has 0 saturated heterocycles. The number of alkyl halides is 1. The van der Waals surface area contributed by atoms with Gasteiger partial charge >= 0.3 is 0 Å². The van der Waals surface area contributed by atoms with Crippen LogP contribution in [0.2, 0.25) is 0 Å². The standard InChI is InChI=1S/C14H16ClN3O/c15-6-11-2-1-3-12(11)9-18-14(19)13-5-4-10(7-16)8-17-13/h4-5,8,11-12H,1-3,6,9H2,(H,18,19). The zero-order chi connectivity index (χ0) is 13.7. The minimum Gasteiger partial charge on any atom is -0.350 e. The number of nitrogens with one attached hydrogen (secondary N) is 1. The maximum Gasteiger partial charge on any atom is 0.269 e. The van der Waals surface area contributed by atoms with Crippen LogP contribution in [-0.4, -0.2) is 23.3 Å². The van der Waals surface area contributed by atoms with Gasteiger partial charge in [0, 0.05) is 18.6 Å². The highest BCUT2D eigenvalue weighted by molar-refractivity contribution is 6.18. The van der Waals surface area contributed by atoms with Crippen LogP contribution in [0.4, 0.5) is 0 Å². The Morgan fingerprint density at radius 2 is 2.26 bits per heavy atom. The number of hydrogen-bond acceptors (Lipinski definition) is 3. The molecule has 0 bridgehead atoms. The summed E-state index contributed by atoms with van der Waals surface area (Å²) in [5.41, 5.74) is 0.800. The van der Waals surface area contributed by atoms with Gasteiger partial charge in [-0.15, -0.1) is 11.6 Å². The number of hydrogen-bond donors (Lipinski definition) is 1. The van der Waals surface area contributed by atoms with Crippen molar-refractivity contribution in [2.45, 2.75) is 19.3 Å². The summed E-state index contributed by atoms with van der Waals surface area (Å²) in [4.78, 5) is 15.9. The topological polar surface area (TPSA) is 65.8 Å². The Balaban J connectivity index is 1.88. The van der Waals surface area contributed by atoms with Crippen molar-refractivity contribution in [3.05, 3.63) is 29.6 Å². The normalized spacial score (nSPS) is 21.9. The van der Waals surface area contributed by atoms with E-state index in [-0.39, 0.29) is 5.91 Å². The van der Waals surface area contributed by atoms with Gasteiger partial charge < -0.3 is 5.32 Å². The molecule has 1 aliphatic rings. The fourth-order valence-corrected chi connectivity index (χ4v) is 2.90. The van der Waals surface area contributed by atoms with Crippen molar-refractivity contribution < 1.29 is 4.79 Å². The second-order valence-corrected chi connectivity index (χ2v) is 5.17. The van der Waals surface area contributed by atoms with Gasteiger partial charge in [0.05, 0.1) is 5.56 Å². The zero-order valence-corrected chi connectivity index (χ0v) is 11.4. The first kappa shape index (κ1) is 13.8. The largest absolute Gasteiger partial charge is 0.350 e. The molecular formula is C14H16ClN3O. The third kappa shape index (κ3) is 3.45. The van der Waals surface area contributed by atoms with Gasteiger partial charge in [-0.05, 0) is 36.8 Å². The molecule has 2 atom stereocenters. The van der Waals surface area contributed by atoms with E-state index < -0.39 is 0 Å². The molecular weight excluding hydrogens is 262 g/mol. The maximum absolute atomic E-state index is 11.9. The van der Waals surface area contributed by atoms with E-state index in [1.807, 2.05) is 6.07 Å². The van der Waals surface area contributed by atoms with Crippen LogP contribution in [0, 0.1) is 23.2 Å². The summed E-state index contributed by atoms with van der Waals surface area (Å²) in [6, 6.07) is 5.14. The van der Waals surface area contributed by atoms with Crippen molar-refractivity contribution in [1.82, 2.24) is 10.3 Å². The average molecular weight is 278 g/mol. The molecule has 1 aromatic heterocycles. The van der Waals surface area contributed by atoms with Gasteiger partial charge in [0.1, 0.15) is 11.8 Å². The first-order chi connectivity index (χ1) is 9.24. The average Bonchev–Trinajstić information content (AvgIpc) is 2.92. The molecule has 0 spiro atoms. The molecule has 1 fully saturated rings. The van der Waals surface area contributed by atoms with E-state index in [0.717, 1.165) is 12.8 Å². The van der Waals surface area contributed by atoms with Crippen molar-refractivity contribution in [2.24, 2.45) is 11.8 Å². The first-order valence-electron chi connectivity index (χ1n) is 6.45. The molecule has 1 heterocycles. The van der Waals surface area contributed by atoms with Gasteiger partial charge in [0.15, 0.2) is 0 Å². The van der Waals surface area contributed by atoms with E-state index in [4.69, 9.17) is 16.9 Å². The molecule has 1 aliphatic carbocycles. The van der Waals surface area contributed by atoms with Crippen molar-refractivity contribution in [2.75, 3.05) is 12.4 Å². The summed E-state index contributed by atoms with van der Waals surface area (Å²) in [7, 11) is 0. The van der Waals surface area contributed by atoms with Gasteiger partial charge in [0.2, 0.25) is 0 Å². The number of nitriles is 1. The van der Waals surface area contributed by atoms with Crippen LogP contribution in [0.25, 0.3) is 0 Å². The SMILES string of the molecule is N#Cc1ccc(C(=O)NCC2CCCC2CCl)nc1. The van der Waals surface area contributed by atoms with E-state index in [2.05, 4.69) is 10.3 Å². The van der Waals surface area contributed by atoms with E-state index >= 15 is 0 Å². The number of aromatic nitrogens is 1. The van der Waals surface area contributed by atoms with Crippen LogP contribution in [-0.2, 0) is 0 Å². The highest BCUT2D eigenvalue weighted by Crippen LogP contribution is 2.31. The lowest BCUT2D eigenvalue weighted by atomic mass is 9.98. The lowest BCUT2D eigenvalue weighted by molar-refractivity contribution is 0.0939. The summed E-state index contributed by atoms with van der Waals surface area (Å²) in [5.74, 6) is 1.45. The number of nitrogens with zero attached hydrogens (tertiary/aromatic N) is 2. The Bertz CT molecular complexity index is 480. The highest BCUT2D eigenvalue weighted by atomic mass is 35.5. The summed E-state index contributed by atoms with van der Waals surface area (Å²) in [6.07, 6.45) is 4.87. The predicted molar refractivity (Wildman–Crippen MR) is 72.8 cm³/mol. The van der Waals surface area contributed by atoms with Crippen LogP contribution >= 0.6 is 11.6 Å². The smallest absolute Gasteiger partial charge is 0.269 e. The summed E-state index contributed by atoms with van der Waals surface area (Å²) in [6.45, 7) is 0.651. The van der Waals surface area contributed by atoms with Crippen molar-refractivity contribution in [3.63, 3.8) is 0 Å². The Kier molecular flexibility index (Phi) is 4.75. The molecule has 1 N–H and O–H groups in total. The van der Waals surface area contributed by atoms with E-state index in [9.17, 15) is 4.79 Å². The molecule has 0 aromatic carbocycles. The molecule has 0 radical (unpaired) electrons. The Labute approximate surface area is 117 Å². The molecule has 2 unspecified atom stereocenters. The fourth-order valence-electron chi connectivity index (χ4n) is 2.49. The molecule has 4 nitrogen and oxygen atoms in total. The van der Waals surface area contributed by atoms with Gasteiger partial charge in [-0.1, -0.05) is 6.42 Å². The van der Waals surface area contributed by atoms with Crippen LogP contribution in [0.5, 0.6) is 0 Å². The number of carbonyl (C=O) groups is 1. The number of carbonyl (C=O) groups excluding carboxylic acids is 1. The van der Waals surface area contributed by atoms with Gasteiger partial charge in [0.25, 0.3) is 5.91 Å². The number of pyridine rings is 1. The fraction of sp³-hybridized carbons (Fsp3) is 0.500. The molecule has 0 aliphatic heterocycles. The predicted octanol–water partition coefficient (Wildman–Crippen LogP) is 2.34. The molecule has 1 saturated carbocycles. The Morgan fingerprint density at radius 3 is 2.89 bits per heavy atom. The van der Waals surface area contributed by atoms with Crippen LogP contribution < -0.4 is 5.32 Å². The maximum atomic E-state index is 11.9. The monoisotopic (exact) mass is 277 g/mol.